The molecule has 1 heterocycles. The van der Waals surface area contributed by atoms with Crippen molar-refractivity contribution in [3.05, 3.63) is 53.5 Å². The zero-order valence-corrected chi connectivity index (χ0v) is 10.9. The summed E-state index contributed by atoms with van der Waals surface area (Å²) >= 11 is 0. The number of benzene rings is 1. The highest BCUT2D eigenvalue weighted by atomic mass is 16.3. The Hall–Kier alpha value is -2.76. The normalized spacial score (nSPS) is 11.8. The Kier molecular flexibility index (Phi) is 3.74. The van der Waals surface area contributed by atoms with Gasteiger partial charge in [-0.25, -0.2) is 0 Å². The average molecular weight is 273 g/mol. The number of hydrogen-bond acceptors (Lipinski definition) is 4. The van der Waals surface area contributed by atoms with Crippen LogP contribution in [0.4, 0.5) is 5.69 Å². The lowest BCUT2D eigenvalue weighted by Crippen LogP contribution is -2.17. The van der Waals surface area contributed by atoms with Gasteiger partial charge in [0, 0.05) is 22.4 Å². The van der Waals surface area contributed by atoms with Gasteiger partial charge >= 0.3 is 0 Å². The van der Waals surface area contributed by atoms with Crippen molar-refractivity contribution in [1.82, 2.24) is 0 Å². The molecule has 0 saturated heterocycles. The first kappa shape index (κ1) is 13.7. The second-order valence-electron chi connectivity index (χ2n) is 4.45. The van der Waals surface area contributed by atoms with E-state index in [4.69, 9.17) is 15.9 Å². The lowest BCUT2D eigenvalue weighted by molar-refractivity contribution is 0.0999. The first-order valence-corrected chi connectivity index (χ1v) is 6.00. The highest BCUT2D eigenvalue weighted by Crippen LogP contribution is 2.22. The molecule has 0 spiro atoms. The van der Waals surface area contributed by atoms with Crippen molar-refractivity contribution in [2.45, 2.75) is 13.0 Å². The number of nitrogens with two attached hydrogens (primary N) is 2. The maximum Gasteiger partial charge on any atom is 0.248 e. The minimum absolute atomic E-state index is 0.0578. The molecule has 2 amide bonds. The van der Waals surface area contributed by atoms with E-state index in [2.05, 4.69) is 5.32 Å². The van der Waals surface area contributed by atoms with E-state index in [9.17, 15) is 9.59 Å². The van der Waals surface area contributed by atoms with Crippen molar-refractivity contribution in [3.8, 4) is 0 Å². The van der Waals surface area contributed by atoms with Crippen LogP contribution in [0.15, 0.2) is 41.2 Å². The van der Waals surface area contributed by atoms with Crippen molar-refractivity contribution in [1.29, 1.82) is 0 Å². The van der Waals surface area contributed by atoms with Gasteiger partial charge in [-0.3, -0.25) is 9.59 Å². The largest absolute Gasteiger partial charge is 0.472 e. The predicted molar refractivity (Wildman–Crippen MR) is 74.2 cm³/mol. The van der Waals surface area contributed by atoms with Gasteiger partial charge < -0.3 is 21.2 Å². The summed E-state index contributed by atoms with van der Waals surface area (Å²) in [5, 5.41) is 3.16. The molecule has 104 valence electrons. The van der Waals surface area contributed by atoms with Crippen LogP contribution in [-0.2, 0) is 0 Å². The van der Waals surface area contributed by atoms with Gasteiger partial charge in [0.2, 0.25) is 11.8 Å². The lowest BCUT2D eigenvalue weighted by Gasteiger charge is -2.15. The van der Waals surface area contributed by atoms with Crippen molar-refractivity contribution in [3.63, 3.8) is 0 Å². The lowest BCUT2D eigenvalue weighted by atomic mass is 10.1. The summed E-state index contributed by atoms with van der Waals surface area (Å²) in [5.41, 5.74) is 12.5. The maximum atomic E-state index is 11.3. The fourth-order valence-electron chi connectivity index (χ4n) is 1.85. The van der Waals surface area contributed by atoms with Gasteiger partial charge in [0.15, 0.2) is 0 Å². The van der Waals surface area contributed by atoms with E-state index in [1.807, 2.05) is 13.0 Å². The highest BCUT2D eigenvalue weighted by molar-refractivity contribution is 5.99. The molecule has 5 N–H and O–H groups in total. The summed E-state index contributed by atoms with van der Waals surface area (Å²) in [6.45, 7) is 1.92. The molecule has 0 aliphatic carbocycles. The Morgan fingerprint density at radius 1 is 1.15 bits per heavy atom. The number of rotatable bonds is 5. The van der Waals surface area contributed by atoms with Crippen LogP contribution in [0.2, 0.25) is 0 Å². The summed E-state index contributed by atoms with van der Waals surface area (Å²) < 4.78 is 5.01. The monoisotopic (exact) mass is 273 g/mol. The molecule has 0 aliphatic heterocycles. The summed E-state index contributed by atoms with van der Waals surface area (Å²) in [7, 11) is 0. The van der Waals surface area contributed by atoms with E-state index in [-0.39, 0.29) is 17.2 Å². The van der Waals surface area contributed by atoms with Crippen LogP contribution in [0.3, 0.4) is 0 Å². The molecule has 1 atom stereocenters. The van der Waals surface area contributed by atoms with Crippen molar-refractivity contribution < 1.29 is 14.0 Å². The molecule has 1 aromatic carbocycles. The van der Waals surface area contributed by atoms with Crippen LogP contribution in [0, 0.1) is 0 Å². The Balaban J connectivity index is 2.31. The smallest absolute Gasteiger partial charge is 0.248 e. The standard InChI is InChI=1S/C14H15N3O3/c1-8(9-2-3-20-7-9)17-12-5-10(13(15)18)4-11(6-12)14(16)19/h2-8,17H,1H3,(H2,15,18)(H2,16,19). The molecule has 0 aliphatic rings. The van der Waals surface area contributed by atoms with Crippen molar-refractivity contribution in [2.24, 2.45) is 11.5 Å². The summed E-state index contributed by atoms with van der Waals surface area (Å²) in [5.74, 6) is -1.24. The predicted octanol–water partition coefficient (Wildman–Crippen LogP) is 1.65. The van der Waals surface area contributed by atoms with Gasteiger partial charge in [0.25, 0.3) is 0 Å². The molecule has 2 rings (SSSR count). The number of carbonyl (C=O) groups excluding carboxylic acids is 2. The van der Waals surface area contributed by atoms with E-state index >= 15 is 0 Å². The number of amides is 2. The molecular weight excluding hydrogens is 258 g/mol. The minimum Gasteiger partial charge on any atom is -0.472 e. The van der Waals surface area contributed by atoms with Crippen LogP contribution >= 0.6 is 0 Å². The molecule has 0 bridgehead atoms. The molecule has 1 unspecified atom stereocenters. The van der Waals surface area contributed by atoms with E-state index < -0.39 is 11.8 Å². The van der Waals surface area contributed by atoms with Gasteiger partial charge in [-0.05, 0) is 31.2 Å². The SMILES string of the molecule is CC(Nc1cc(C(N)=O)cc(C(N)=O)c1)c1ccoc1. The second-order valence-corrected chi connectivity index (χ2v) is 4.45. The topological polar surface area (TPSA) is 111 Å². The summed E-state index contributed by atoms with van der Waals surface area (Å²) in [6.07, 6.45) is 3.19. The minimum atomic E-state index is -0.618. The number of hydrogen-bond donors (Lipinski definition) is 3. The quantitative estimate of drug-likeness (QED) is 0.768. The van der Waals surface area contributed by atoms with Gasteiger partial charge in [-0.15, -0.1) is 0 Å². The molecule has 2 aromatic rings. The first-order valence-electron chi connectivity index (χ1n) is 6.00. The van der Waals surface area contributed by atoms with Crippen LogP contribution in [-0.4, -0.2) is 11.8 Å². The third-order valence-corrected chi connectivity index (χ3v) is 2.93. The highest BCUT2D eigenvalue weighted by Gasteiger charge is 2.12. The van der Waals surface area contributed by atoms with E-state index in [1.54, 1.807) is 24.7 Å². The number of primary amides is 2. The maximum absolute atomic E-state index is 11.3. The third kappa shape index (κ3) is 2.97. The fraction of sp³-hybridized carbons (Fsp3) is 0.143. The zero-order valence-electron chi connectivity index (χ0n) is 10.9. The van der Waals surface area contributed by atoms with Crippen molar-refractivity contribution in [2.75, 3.05) is 5.32 Å². The van der Waals surface area contributed by atoms with Crippen LogP contribution in [0.25, 0.3) is 0 Å². The summed E-state index contributed by atoms with van der Waals surface area (Å²) in [4.78, 5) is 22.5. The first-order chi connectivity index (χ1) is 9.47. The van der Waals surface area contributed by atoms with Gasteiger partial charge in [-0.1, -0.05) is 0 Å². The Morgan fingerprint density at radius 3 is 2.20 bits per heavy atom. The van der Waals surface area contributed by atoms with Crippen LogP contribution < -0.4 is 16.8 Å². The number of furan rings is 1. The number of anilines is 1. The average Bonchev–Trinajstić information content (AvgIpc) is 2.92. The Labute approximate surface area is 115 Å². The molecule has 0 fully saturated rings. The van der Waals surface area contributed by atoms with Crippen molar-refractivity contribution >= 4 is 17.5 Å². The molecule has 0 saturated carbocycles. The van der Waals surface area contributed by atoms with Crippen LogP contribution in [0.1, 0.15) is 39.2 Å². The molecular formula is C14H15N3O3. The Morgan fingerprint density at radius 2 is 1.75 bits per heavy atom. The zero-order chi connectivity index (χ0) is 14.7. The van der Waals surface area contributed by atoms with E-state index in [1.165, 1.54) is 6.07 Å². The van der Waals surface area contributed by atoms with Gasteiger partial charge in [0.1, 0.15) is 0 Å². The summed E-state index contributed by atoms with van der Waals surface area (Å²) in [6, 6.07) is 6.29. The van der Waals surface area contributed by atoms with Crippen LogP contribution in [0.5, 0.6) is 0 Å². The molecule has 1 aromatic heterocycles. The van der Waals surface area contributed by atoms with Gasteiger partial charge in [-0.2, -0.15) is 0 Å². The fourth-order valence-corrected chi connectivity index (χ4v) is 1.85. The van der Waals surface area contributed by atoms with E-state index in [0.29, 0.717) is 5.69 Å². The van der Waals surface area contributed by atoms with E-state index in [0.717, 1.165) is 5.56 Å². The number of carbonyl (C=O) groups is 2. The Bertz CT molecular complexity index is 603. The molecule has 6 heteroatoms. The van der Waals surface area contributed by atoms with Gasteiger partial charge in [0.05, 0.1) is 18.6 Å². The third-order valence-electron chi connectivity index (χ3n) is 2.93. The molecule has 6 nitrogen and oxygen atoms in total. The molecule has 20 heavy (non-hydrogen) atoms. The number of nitrogens with one attached hydrogen (secondary N) is 1. The second kappa shape index (κ2) is 5.48. The molecule has 0 radical (unpaired) electrons.